The second kappa shape index (κ2) is 9.49. The van der Waals surface area contributed by atoms with Gasteiger partial charge in [0.05, 0.1) is 7.11 Å². The van der Waals surface area contributed by atoms with Crippen LogP contribution in [-0.4, -0.2) is 44.2 Å². The number of piperazine rings is 1. The summed E-state index contributed by atoms with van der Waals surface area (Å²) in [5.74, 6) is 0.859. The predicted octanol–water partition coefficient (Wildman–Crippen LogP) is 4.70. The number of anilines is 2. The average Bonchev–Trinajstić information content (AvgIpc) is 2.74. The van der Waals surface area contributed by atoms with Crippen molar-refractivity contribution in [1.82, 2.24) is 4.90 Å². The molecule has 0 spiro atoms. The number of hydrogen-bond donors (Lipinski definition) is 1. The van der Waals surface area contributed by atoms with E-state index in [1.54, 1.807) is 7.11 Å². The lowest BCUT2D eigenvalue weighted by molar-refractivity contribution is 0.208. The summed E-state index contributed by atoms with van der Waals surface area (Å²) in [6, 6.07) is 14.4. The largest absolute Gasteiger partial charge is 0.497 e. The van der Waals surface area contributed by atoms with Gasteiger partial charge >= 0.3 is 6.03 Å². The van der Waals surface area contributed by atoms with E-state index >= 15 is 0 Å². The van der Waals surface area contributed by atoms with Crippen molar-refractivity contribution in [3.63, 3.8) is 0 Å². The molecule has 1 heterocycles. The first kappa shape index (κ1) is 20.1. The Morgan fingerprint density at radius 2 is 1.79 bits per heavy atom. The molecule has 5 heteroatoms. The van der Waals surface area contributed by atoms with E-state index in [-0.39, 0.29) is 6.03 Å². The molecule has 1 aliphatic rings. The van der Waals surface area contributed by atoms with Gasteiger partial charge in [0.15, 0.2) is 0 Å². The molecule has 1 aliphatic heterocycles. The van der Waals surface area contributed by atoms with Crippen LogP contribution < -0.4 is 15.0 Å². The molecule has 0 unspecified atom stereocenters. The van der Waals surface area contributed by atoms with E-state index < -0.39 is 0 Å². The molecule has 0 saturated carbocycles. The molecule has 28 heavy (non-hydrogen) atoms. The van der Waals surface area contributed by atoms with Gasteiger partial charge in [-0.25, -0.2) is 4.79 Å². The predicted molar refractivity (Wildman–Crippen MR) is 116 cm³/mol. The molecule has 150 valence electrons. The fourth-order valence-corrected chi connectivity index (χ4v) is 3.56. The number of rotatable bonds is 6. The fraction of sp³-hybridized carbons (Fsp3) is 0.435. The van der Waals surface area contributed by atoms with Crippen LogP contribution in [0.1, 0.15) is 30.9 Å². The van der Waals surface area contributed by atoms with Crippen LogP contribution >= 0.6 is 0 Å². The number of urea groups is 1. The molecule has 2 amide bonds. The van der Waals surface area contributed by atoms with Crippen LogP contribution in [0, 0.1) is 6.92 Å². The molecular formula is C23H31N3O2. The monoisotopic (exact) mass is 381 g/mol. The van der Waals surface area contributed by atoms with Crippen molar-refractivity contribution in [2.24, 2.45) is 0 Å². The van der Waals surface area contributed by atoms with Crippen LogP contribution in [0.5, 0.6) is 5.75 Å². The minimum Gasteiger partial charge on any atom is -0.497 e. The number of carbonyl (C=O) groups excluding carboxylic acids is 1. The zero-order valence-corrected chi connectivity index (χ0v) is 17.2. The maximum absolute atomic E-state index is 12.7. The van der Waals surface area contributed by atoms with Crippen molar-refractivity contribution >= 4 is 17.4 Å². The fourth-order valence-electron chi connectivity index (χ4n) is 3.56. The lowest BCUT2D eigenvalue weighted by atomic mass is 10.0. The molecule has 0 aromatic heterocycles. The third kappa shape index (κ3) is 4.97. The number of nitrogens with one attached hydrogen (secondary N) is 1. The Labute approximate surface area is 168 Å². The standard InChI is InChI=1S/C23H31N3O2/c1-4-5-6-19-7-12-22(18(2)17-19)24-23(27)26-15-13-25(14-16-26)20-8-10-21(28-3)11-9-20/h7-12,17H,4-6,13-16H2,1-3H3,(H,24,27). The second-order valence-electron chi connectivity index (χ2n) is 7.36. The third-order valence-corrected chi connectivity index (χ3v) is 5.36. The number of carbonyl (C=O) groups is 1. The molecule has 0 radical (unpaired) electrons. The van der Waals surface area contributed by atoms with E-state index in [0.717, 1.165) is 36.5 Å². The maximum Gasteiger partial charge on any atom is 0.321 e. The van der Waals surface area contributed by atoms with Crippen LogP contribution in [0.3, 0.4) is 0 Å². The highest BCUT2D eigenvalue weighted by Crippen LogP contribution is 2.22. The number of hydrogen-bond acceptors (Lipinski definition) is 3. The lowest BCUT2D eigenvalue weighted by Crippen LogP contribution is -2.50. The molecule has 1 N–H and O–H groups in total. The van der Waals surface area contributed by atoms with Crippen molar-refractivity contribution in [2.75, 3.05) is 43.5 Å². The van der Waals surface area contributed by atoms with Crippen molar-refractivity contribution in [3.05, 3.63) is 53.6 Å². The number of unbranched alkanes of at least 4 members (excludes halogenated alkanes) is 1. The highest BCUT2D eigenvalue weighted by Gasteiger charge is 2.21. The number of ether oxygens (including phenoxy) is 1. The van der Waals surface area contributed by atoms with Crippen molar-refractivity contribution in [3.8, 4) is 5.75 Å². The number of amides is 2. The molecule has 0 bridgehead atoms. The van der Waals surface area contributed by atoms with Crippen LogP contribution in [-0.2, 0) is 6.42 Å². The van der Waals surface area contributed by atoms with Crippen LogP contribution in [0.4, 0.5) is 16.2 Å². The van der Waals surface area contributed by atoms with E-state index in [2.05, 4.69) is 48.3 Å². The molecule has 2 aromatic carbocycles. The minimum absolute atomic E-state index is 0.0150. The first-order valence-electron chi connectivity index (χ1n) is 10.1. The summed E-state index contributed by atoms with van der Waals surface area (Å²) in [7, 11) is 1.67. The molecule has 3 rings (SSSR count). The molecule has 2 aromatic rings. The van der Waals surface area contributed by atoms with Gasteiger partial charge in [0, 0.05) is 37.6 Å². The minimum atomic E-state index is -0.0150. The Morgan fingerprint density at radius 1 is 1.07 bits per heavy atom. The van der Waals surface area contributed by atoms with Gasteiger partial charge in [-0.1, -0.05) is 25.5 Å². The van der Waals surface area contributed by atoms with Gasteiger partial charge in [0.2, 0.25) is 0 Å². The van der Waals surface area contributed by atoms with Gasteiger partial charge in [-0.2, -0.15) is 0 Å². The van der Waals surface area contributed by atoms with Gasteiger partial charge in [-0.05, 0) is 61.2 Å². The molecule has 1 saturated heterocycles. The van der Waals surface area contributed by atoms with Gasteiger partial charge in [0.1, 0.15) is 5.75 Å². The van der Waals surface area contributed by atoms with Crippen LogP contribution in [0.2, 0.25) is 0 Å². The average molecular weight is 382 g/mol. The zero-order valence-electron chi connectivity index (χ0n) is 17.2. The summed E-state index contributed by atoms with van der Waals surface area (Å²) in [6.07, 6.45) is 3.49. The summed E-state index contributed by atoms with van der Waals surface area (Å²) in [6.45, 7) is 7.35. The molecule has 0 aliphatic carbocycles. The Morgan fingerprint density at radius 3 is 2.39 bits per heavy atom. The number of aryl methyl sites for hydroxylation is 2. The van der Waals surface area contributed by atoms with Crippen molar-refractivity contribution in [2.45, 2.75) is 33.1 Å². The van der Waals surface area contributed by atoms with E-state index in [9.17, 15) is 4.79 Å². The number of nitrogens with zero attached hydrogens (tertiary/aromatic N) is 2. The number of methoxy groups -OCH3 is 1. The van der Waals surface area contributed by atoms with E-state index in [1.165, 1.54) is 24.1 Å². The third-order valence-electron chi connectivity index (χ3n) is 5.36. The second-order valence-corrected chi connectivity index (χ2v) is 7.36. The van der Waals surface area contributed by atoms with Crippen molar-refractivity contribution < 1.29 is 9.53 Å². The highest BCUT2D eigenvalue weighted by atomic mass is 16.5. The molecule has 1 fully saturated rings. The quantitative estimate of drug-likeness (QED) is 0.789. The Hall–Kier alpha value is -2.69. The Kier molecular flexibility index (Phi) is 6.80. The number of benzene rings is 2. The summed E-state index contributed by atoms with van der Waals surface area (Å²) >= 11 is 0. The summed E-state index contributed by atoms with van der Waals surface area (Å²) in [5, 5.41) is 3.08. The van der Waals surface area contributed by atoms with Crippen LogP contribution in [0.15, 0.2) is 42.5 Å². The summed E-state index contributed by atoms with van der Waals surface area (Å²) in [4.78, 5) is 16.9. The first-order valence-corrected chi connectivity index (χ1v) is 10.1. The normalized spacial score (nSPS) is 14.1. The SMILES string of the molecule is CCCCc1ccc(NC(=O)N2CCN(c3ccc(OC)cc3)CC2)c(C)c1. The smallest absolute Gasteiger partial charge is 0.321 e. The van der Waals surface area contributed by atoms with Gasteiger partial charge < -0.3 is 19.9 Å². The summed E-state index contributed by atoms with van der Waals surface area (Å²) < 4.78 is 5.22. The first-order chi connectivity index (χ1) is 13.6. The molecular weight excluding hydrogens is 350 g/mol. The molecule has 0 atom stereocenters. The molecule has 5 nitrogen and oxygen atoms in total. The van der Waals surface area contributed by atoms with Gasteiger partial charge in [0.25, 0.3) is 0 Å². The van der Waals surface area contributed by atoms with Gasteiger partial charge in [-0.15, -0.1) is 0 Å². The maximum atomic E-state index is 12.7. The van der Waals surface area contributed by atoms with Crippen LogP contribution in [0.25, 0.3) is 0 Å². The Bertz CT molecular complexity index is 781. The topological polar surface area (TPSA) is 44.8 Å². The Balaban J connectivity index is 1.53. The zero-order chi connectivity index (χ0) is 19.9. The highest BCUT2D eigenvalue weighted by molar-refractivity contribution is 5.90. The lowest BCUT2D eigenvalue weighted by Gasteiger charge is -2.36. The van der Waals surface area contributed by atoms with Gasteiger partial charge in [-0.3, -0.25) is 0 Å². The summed E-state index contributed by atoms with van der Waals surface area (Å²) in [5.41, 5.74) is 4.53. The van der Waals surface area contributed by atoms with E-state index in [0.29, 0.717) is 13.1 Å². The van der Waals surface area contributed by atoms with E-state index in [4.69, 9.17) is 4.74 Å². The van der Waals surface area contributed by atoms with Crippen molar-refractivity contribution in [1.29, 1.82) is 0 Å². The van der Waals surface area contributed by atoms with E-state index in [1.807, 2.05) is 23.1 Å².